The molecule has 5 nitrogen and oxygen atoms in total. The van der Waals surface area contributed by atoms with Crippen molar-refractivity contribution >= 4 is 5.91 Å². The van der Waals surface area contributed by atoms with Crippen molar-refractivity contribution in [3.63, 3.8) is 0 Å². The molecule has 7 heteroatoms. The normalized spacial score (nSPS) is 11.9. The van der Waals surface area contributed by atoms with Crippen molar-refractivity contribution in [3.05, 3.63) is 59.4 Å². The van der Waals surface area contributed by atoms with Gasteiger partial charge >= 0.3 is 0 Å². The number of rotatable bonds is 6. The van der Waals surface area contributed by atoms with E-state index in [2.05, 4.69) is 9.72 Å². The summed E-state index contributed by atoms with van der Waals surface area (Å²) in [7, 11) is 4.15. The Balaban J connectivity index is 2.37. The van der Waals surface area contributed by atoms with Gasteiger partial charge in [0.25, 0.3) is 5.91 Å². The van der Waals surface area contributed by atoms with E-state index in [1.54, 1.807) is 24.4 Å². The number of likely N-dealkylation sites (N-methyl/N-ethyl adjacent to an activating group) is 1. The van der Waals surface area contributed by atoms with Gasteiger partial charge in [0.2, 0.25) is 0 Å². The van der Waals surface area contributed by atoms with Crippen LogP contribution in [-0.4, -0.2) is 43.7 Å². The highest BCUT2D eigenvalue weighted by Gasteiger charge is 2.27. The fourth-order valence-corrected chi connectivity index (χ4v) is 2.34. The van der Waals surface area contributed by atoms with Crippen LogP contribution in [-0.2, 0) is 4.74 Å². The first-order valence-corrected chi connectivity index (χ1v) is 7.20. The molecule has 1 atom stereocenters. The minimum absolute atomic E-state index is 0.180. The maximum atomic E-state index is 14.3. The number of halogens is 2. The van der Waals surface area contributed by atoms with Crippen molar-refractivity contribution in [3.8, 4) is 5.75 Å². The number of carbonyl (C=O) groups excluding carboxylic acids is 1. The van der Waals surface area contributed by atoms with E-state index in [-0.39, 0.29) is 12.2 Å². The fraction of sp³-hybridized carbons (Fsp3) is 0.294. The van der Waals surface area contributed by atoms with E-state index in [0.29, 0.717) is 5.69 Å². The number of carbonyl (C=O) groups is 1. The molecule has 1 aromatic heterocycles. The van der Waals surface area contributed by atoms with E-state index in [9.17, 15) is 13.6 Å². The van der Waals surface area contributed by atoms with Gasteiger partial charge in [0.15, 0.2) is 17.4 Å². The van der Waals surface area contributed by atoms with Crippen molar-refractivity contribution in [2.24, 2.45) is 0 Å². The molecule has 1 heterocycles. The predicted molar refractivity (Wildman–Crippen MR) is 83.9 cm³/mol. The molecule has 0 fully saturated rings. The minimum Gasteiger partial charge on any atom is -0.491 e. The quantitative estimate of drug-likeness (QED) is 0.814. The highest BCUT2D eigenvalue weighted by atomic mass is 19.1. The second kappa shape index (κ2) is 7.83. The third kappa shape index (κ3) is 3.51. The zero-order valence-corrected chi connectivity index (χ0v) is 13.6. The summed E-state index contributed by atoms with van der Waals surface area (Å²) < 4.78 is 37.7. The van der Waals surface area contributed by atoms with Gasteiger partial charge in [0.1, 0.15) is 0 Å². The van der Waals surface area contributed by atoms with Crippen LogP contribution in [0.15, 0.2) is 36.5 Å². The standard InChI is InChI=1S/C17H18F2N2O3/c1-21(14(10-23-2)13-6-4-5-9-20-13)17(22)11-7-8-12(18)16(24-3)15(11)19/h4-9,14H,10H2,1-3H3/t14-/m0/s1. The van der Waals surface area contributed by atoms with Gasteiger partial charge in [-0.15, -0.1) is 0 Å². The number of hydrogen-bond donors (Lipinski definition) is 0. The first kappa shape index (κ1) is 17.8. The van der Waals surface area contributed by atoms with Gasteiger partial charge < -0.3 is 14.4 Å². The maximum Gasteiger partial charge on any atom is 0.257 e. The predicted octanol–water partition coefficient (Wildman–Crippen LogP) is 2.83. The summed E-state index contributed by atoms with van der Waals surface area (Å²) in [6.07, 6.45) is 1.60. The first-order chi connectivity index (χ1) is 11.5. The minimum atomic E-state index is -1.04. The summed E-state index contributed by atoms with van der Waals surface area (Å²) >= 11 is 0. The number of nitrogens with zero attached hydrogens (tertiary/aromatic N) is 2. The average Bonchev–Trinajstić information content (AvgIpc) is 2.60. The van der Waals surface area contributed by atoms with Crippen molar-refractivity contribution in [2.45, 2.75) is 6.04 Å². The molecule has 0 aliphatic rings. The third-order valence-corrected chi connectivity index (χ3v) is 3.63. The Morgan fingerprint density at radius 1 is 1.25 bits per heavy atom. The van der Waals surface area contributed by atoms with Crippen LogP contribution in [0.1, 0.15) is 22.1 Å². The van der Waals surface area contributed by atoms with Gasteiger partial charge in [-0.25, -0.2) is 8.78 Å². The zero-order chi connectivity index (χ0) is 17.7. The van der Waals surface area contributed by atoms with Gasteiger partial charge in [-0.3, -0.25) is 9.78 Å². The number of pyridine rings is 1. The summed E-state index contributed by atoms with van der Waals surface area (Å²) in [5.41, 5.74) is 0.317. The number of methoxy groups -OCH3 is 2. The van der Waals surface area contributed by atoms with Gasteiger partial charge in [-0.05, 0) is 24.3 Å². The van der Waals surface area contributed by atoms with Crippen molar-refractivity contribution in [1.29, 1.82) is 0 Å². The molecule has 0 N–H and O–H groups in total. The average molecular weight is 336 g/mol. The van der Waals surface area contributed by atoms with Crippen LogP contribution in [0.3, 0.4) is 0 Å². The molecule has 0 saturated carbocycles. The van der Waals surface area contributed by atoms with E-state index < -0.39 is 29.3 Å². The van der Waals surface area contributed by atoms with Gasteiger partial charge in [0, 0.05) is 20.4 Å². The monoisotopic (exact) mass is 336 g/mol. The summed E-state index contributed by atoms with van der Waals surface area (Å²) in [5.74, 6) is -3.12. The highest BCUT2D eigenvalue weighted by Crippen LogP contribution is 2.27. The molecule has 0 unspecified atom stereocenters. The summed E-state index contributed by atoms with van der Waals surface area (Å²) in [4.78, 5) is 18.2. The van der Waals surface area contributed by atoms with Crippen LogP contribution in [0.2, 0.25) is 0 Å². The number of aromatic nitrogens is 1. The number of ether oxygens (including phenoxy) is 2. The van der Waals surface area contributed by atoms with Crippen molar-refractivity contribution in [2.75, 3.05) is 27.9 Å². The van der Waals surface area contributed by atoms with Gasteiger partial charge in [0.05, 0.1) is 31.0 Å². The highest BCUT2D eigenvalue weighted by molar-refractivity contribution is 5.95. The van der Waals surface area contributed by atoms with E-state index in [0.717, 1.165) is 19.2 Å². The molecule has 24 heavy (non-hydrogen) atoms. The lowest BCUT2D eigenvalue weighted by Crippen LogP contribution is -2.34. The molecule has 0 aliphatic heterocycles. The lowest BCUT2D eigenvalue weighted by atomic mass is 10.1. The molecule has 0 spiro atoms. The van der Waals surface area contributed by atoms with E-state index in [1.165, 1.54) is 19.1 Å². The lowest BCUT2D eigenvalue weighted by molar-refractivity contribution is 0.0590. The topological polar surface area (TPSA) is 51.7 Å². The second-order valence-electron chi connectivity index (χ2n) is 5.08. The number of benzene rings is 1. The molecule has 2 rings (SSSR count). The number of amides is 1. The SMILES string of the molecule is COC[C@@H](c1ccccn1)N(C)C(=O)c1ccc(F)c(OC)c1F. The molecule has 1 aromatic carbocycles. The molecule has 0 radical (unpaired) electrons. The van der Waals surface area contributed by atoms with Crippen LogP contribution in [0.5, 0.6) is 5.75 Å². The smallest absolute Gasteiger partial charge is 0.257 e. The Morgan fingerprint density at radius 2 is 2.00 bits per heavy atom. The summed E-state index contributed by atoms with van der Waals surface area (Å²) in [6, 6.07) is 6.85. The van der Waals surface area contributed by atoms with Crippen LogP contribution in [0.25, 0.3) is 0 Å². The molecular formula is C17H18F2N2O3. The van der Waals surface area contributed by atoms with Gasteiger partial charge in [-0.1, -0.05) is 6.07 Å². The zero-order valence-electron chi connectivity index (χ0n) is 13.6. The summed E-state index contributed by atoms with van der Waals surface area (Å²) in [6.45, 7) is 0.180. The Bertz CT molecular complexity index is 710. The number of hydrogen-bond acceptors (Lipinski definition) is 4. The van der Waals surface area contributed by atoms with E-state index >= 15 is 0 Å². The lowest BCUT2D eigenvalue weighted by Gasteiger charge is -2.27. The van der Waals surface area contributed by atoms with Crippen LogP contribution < -0.4 is 4.74 Å². The van der Waals surface area contributed by atoms with Crippen LogP contribution in [0, 0.1) is 11.6 Å². The molecule has 1 amide bonds. The second-order valence-corrected chi connectivity index (χ2v) is 5.08. The van der Waals surface area contributed by atoms with Gasteiger partial charge in [-0.2, -0.15) is 0 Å². The molecule has 2 aromatic rings. The third-order valence-electron chi connectivity index (χ3n) is 3.63. The van der Waals surface area contributed by atoms with Crippen LogP contribution in [0.4, 0.5) is 8.78 Å². The Kier molecular flexibility index (Phi) is 5.81. The largest absolute Gasteiger partial charge is 0.491 e. The summed E-state index contributed by atoms with van der Waals surface area (Å²) in [5, 5.41) is 0. The Labute approximate surface area is 138 Å². The maximum absolute atomic E-state index is 14.3. The van der Waals surface area contributed by atoms with E-state index in [4.69, 9.17) is 4.74 Å². The first-order valence-electron chi connectivity index (χ1n) is 7.20. The Morgan fingerprint density at radius 3 is 2.58 bits per heavy atom. The van der Waals surface area contributed by atoms with Crippen molar-refractivity contribution < 1.29 is 23.0 Å². The molecule has 128 valence electrons. The Hall–Kier alpha value is -2.54. The molecule has 0 saturated heterocycles. The molecule has 0 aliphatic carbocycles. The van der Waals surface area contributed by atoms with Crippen LogP contribution >= 0.6 is 0 Å². The molecular weight excluding hydrogens is 318 g/mol. The van der Waals surface area contributed by atoms with E-state index in [1.807, 2.05) is 0 Å². The molecule has 0 bridgehead atoms. The van der Waals surface area contributed by atoms with Crippen molar-refractivity contribution in [1.82, 2.24) is 9.88 Å². The fourth-order valence-electron chi connectivity index (χ4n) is 2.34.